The lowest BCUT2D eigenvalue weighted by molar-refractivity contribution is 0.0588. The Morgan fingerprint density at radius 2 is 1.95 bits per heavy atom. The van der Waals surface area contributed by atoms with Gasteiger partial charge in [-0.15, -0.1) is 0 Å². The number of ether oxygens (including phenoxy) is 2. The molecule has 0 aliphatic carbocycles. The van der Waals surface area contributed by atoms with Gasteiger partial charge in [-0.3, -0.25) is 10.00 Å². The fourth-order valence-electron chi connectivity index (χ4n) is 1.67. The first-order valence-electron chi connectivity index (χ1n) is 6.35. The van der Waals surface area contributed by atoms with E-state index in [9.17, 15) is 9.59 Å². The van der Waals surface area contributed by atoms with Crippen LogP contribution >= 0.6 is 0 Å². The summed E-state index contributed by atoms with van der Waals surface area (Å²) in [5, 5.41) is 6.75. The smallest absolute Gasteiger partial charge is 0.412 e. The Labute approximate surface area is 118 Å². The number of carbonyl (C=O) groups excluding carboxylic acids is 2. The van der Waals surface area contributed by atoms with E-state index in [0.29, 0.717) is 17.9 Å². The molecular weight excluding hydrogens is 262 g/mol. The zero-order valence-corrected chi connectivity index (χ0v) is 12.7. The van der Waals surface area contributed by atoms with Crippen molar-refractivity contribution in [3.63, 3.8) is 0 Å². The Morgan fingerprint density at radius 1 is 1.35 bits per heavy atom. The van der Waals surface area contributed by atoms with Gasteiger partial charge in [-0.1, -0.05) is 0 Å². The van der Waals surface area contributed by atoms with Crippen LogP contribution < -0.4 is 5.32 Å². The van der Waals surface area contributed by atoms with Crippen LogP contribution in [0.15, 0.2) is 0 Å². The molecule has 1 heterocycles. The molecule has 1 aromatic heterocycles. The summed E-state index contributed by atoms with van der Waals surface area (Å²) in [6.07, 6.45) is -0.638. The number of hydrogen-bond acceptors (Lipinski definition) is 5. The maximum absolute atomic E-state index is 11.8. The Kier molecular flexibility index (Phi) is 4.75. The summed E-state index contributed by atoms with van der Waals surface area (Å²) in [5.41, 5.74) is 0.425. The summed E-state index contributed by atoms with van der Waals surface area (Å²) < 4.78 is 11.4. The second-order valence-corrected chi connectivity index (χ2v) is 5.24. The van der Waals surface area contributed by atoms with Gasteiger partial charge in [0, 0.05) is 6.54 Å². The molecule has 1 rings (SSSR count). The summed E-state index contributed by atoms with van der Waals surface area (Å²) >= 11 is 0. The Hall–Kier alpha value is -2.05. The molecule has 0 radical (unpaired) electrons. The van der Waals surface area contributed by atoms with Gasteiger partial charge in [0.1, 0.15) is 5.60 Å². The van der Waals surface area contributed by atoms with Crippen molar-refractivity contribution in [1.29, 1.82) is 0 Å². The van der Waals surface area contributed by atoms with E-state index in [1.807, 2.05) is 6.92 Å². The Morgan fingerprint density at radius 3 is 2.40 bits per heavy atom. The molecule has 0 fully saturated rings. The monoisotopic (exact) mass is 283 g/mol. The van der Waals surface area contributed by atoms with Gasteiger partial charge in [-0.05, 0) is 34.6 Å². The number of esters is 1. The summed E-state index contributed by atoms with van der Waals surface area (Å²) in [7, 11) is 1.28. The molecule has 0 saturated heterocycles. The number of carbonyl (C=O) groups is 2. The first-order chi connectivity index (χ1) is 9.19. The summed E-state index contributed by atoms with van der Waals surface area (Å²) in [4.78, 5) is 23.6. The lowest BCUT2D eigenvalue weighted by atomic mass is 10.2. The minimum absolute atomic E-state index is 0.207. The molecule has 0 spiro atoms. The number of anilines is 1. The van der Waals surface area contributed by atoms with Gasteiger partial charge in [-0.25, -0.2) is 9.59 Å². The van der Waals surface area contributed by atoms with E-state index in [-0.39, 0.29) is 5.69 Å². The highest BCUT2D eigenvalue weighted by Gasteiger charge is 2.25. The minimum Gasteiger partial charge on any atom is -0.464 e. The van der Waals surface area contributed by atoms with Gasteiger partial charge in [0.2, 0.25) is 0 Å². The zero-order chi connectivity index (χ0) is 15.5. The quantitative estimate of drug-likeness (QED) is 0.861. The van der Waals surface area contributed by atoms with Crippen LogP contribution in [0.3, 0.4) is 0 Å². The van der Waals surface area contributed by atoms with Gasteiger partial charge >= 0.3 is 12.1 Å². The van der Waals surface area contributed by atoms with E-state index >= 15 is 0 Å². The molecule has 112 valence electrons. The van der Waals surface area contributed by atoms with E-state index in [1.165, 1.54) is 11.8 Å². The van der Waals surface area contributed by atoms with Crippen molar-refractivity contribution in [2.45, 2.75) is 46.8 Å². The molecule has 0 unspecified atom stereocenters. The highest BCUT2D eigenvalue weighted by Crippen LogP contribution is 2.22. The van der Waals surface area contributed by atoms with Crippen molar-refractivity contribution in [2.75, 3.05) is 12.4 Å². The summed E-state index contributed by atoms with van der Waals surface area (Å²) in [6.45, 7) is 9.31. The Balaban J connectivity index is 3.08. The molecule has 1 amide bonds. The van der Waals surface area contributed by atoms with Crippen molar-refractivity contribution in [3.8, 4) is 0 Å². The van der Waals surface area contributed by atoms with Crippen LogP contribution in [0.25, 0.3) is 0 Å². The molecule has 0 aliphatic rings. The molecule has 7 nitrogen and oxygen atoms in total. The SMILES string of the molecule is CCn1nc(C)c(NC(=O)OC(C)(C)C)c1C(=O)OC. The highest BCUT2D eigenvalue weighted by atomic mass is 16.6. The molecule has 1 N–H and O–H groups in total. The molecule has 0 bridgehead atoms. The number of hydrogen-bond donors (Lipinski definition) is 1. The van der Waals surface area contributed by atoms with Crippen LogP contribution in [0.1, 0.15) is 43.9 Å². The van der Waals surface area contributed by atoms with Crippen LogP contribution in [-0.4, -0.2) is 34.6 Å². The van der Waals surface area contributed by atoms with Crippen molar-refractivity contribution in [2.24, 2.45) is 0 Å². The molecule has 0 aromatic carbocycles. The number of nitrogens with one attached hydrogen (secondary N) is 1. The number of aryl methyl sites for hydroxylation is 2. The second-order valence-electron chi connectivity index (χ2n) is 5.24. The Bertz CT molecular complexity index is 514. The number of rotatable bonds is 3. The molecule has 1 aromatic rings. The van der Waals surface area contributed by atoms with E-state index in [4.69, 9.17) is 9.47 Å². The van der Waals surface area contributed by atoms with Crippen LogP contribution in [0.5, 0.6) is 0 Å². The first-order valence-corrected chi connectivity index (χ1v) is 6.35. The lowest BCUT2D eigenvalue weighted by Gasteiger charge is -2.19. The third-order valence-electron chi connectivity index (χ3n) is 2.43. The predicted octanol–water partition coefficient (Wildman–Crippen LogP) is 2.35. The normalized spacial score (nSPS) is 11.1. The standard InChI is InChI=1S/C13H21N3O4/c1-7-16-10(11(17)19-6)9(8(2)15-16)14-12(18)20-13(3,4)5/h7H2,1-6H3,(H,14,18). The van der Waals surface area contributed by atoms with Crippen molar-refractivity contribution in [3.05, 3.63) is 11.4 Å². The van der Waals surface area contributed by atoms with Crippen LogP contribution in [0, 0.1) is 6.92 Å². The van der Waals surface area contributed by atoms with Crippen molar-refractivity contribution in [1.82, 2.24) is 9.78 Å². The number of methoxy groups -OCH3 is 1. The van der Waals surface area contributed by atoms with E-state index < -0.39 is 17.7 Å². The van der Waals surface area contributed by atoms with Crippen LogP contribution in [0.4, 0.5) is 10.5 Å². The van der Waals surface area contributed by atoms with Crippen molar-refractivity contribution >= 4 is 17.7 Å². The summed E-state index contributed by atoms with van der Waals surface area (Å²) in [5.74, 6) is -0.557. The molecule has 0 saturated carbocycles. The van der Waals surface area contributed by atoms with Gasteiger partial charge in [0.15, 0.2) is 5.69 Å². The largest absolute Gasteiger partial charge is 0.464 e. The zero-order valence-electron chi connectivity index (χ0n) is 12.7. The lowest BCUT2D eigenvalue weighted by Crippen LogP contribution is -2.28. The summed E-state index contributed by atoms with van der Waals surface area (Å²) in [6, 6.07) is 0. The van der Waals surface area contributed by atoms with E-state index in [0.717, 1.165) is 0 Å². The molecule has 7 heteroatoms. The second kappa shape index (κ2) is 5.94. The van der Waals surface area contributed by atoms with E-state index in [2.05, 4.69) is 10.4 Å². The maximum Gasteiger partial charge on any atom is 0.412 e. The van der Waals surface area contributed by atoms with Gasteiger partial charge < -0.3 is 9.47 Å². The molecular formula is C13H21N3O4. The van der Waals surface area contributed by atoms with E-state index in [1.54, 1.807) is 27.7 Å². The third-order valence-corrected chi connectivity index (χ3v) is 2.43. The number of amides is 1. The van der Waals surface area contributed by atoms with Crippen LogP contribution in [-0.2, 0) is 16.0 Å². The predicted molar refractivity (Wildman–Crippen MR) is 73.8 cm³/mol. The van der Waals surface area contributed by atoms with Crippen LogP contribution in [0.2, 0.25) is 0 Å². The fraction of sp³-hybridized carbons (Fsp3) is 0.615. The fourth-order valence-corrected chi connectivity index (χ4v) is 1.67. The average Bonchev–Trinajstić information content (AvgIpc) is 2.63. The topological polar surface area (TPSA) is 82.5 Å². The van der Waals surface area contributed by atoms with Gasteiger partial charge in [0.25, 0.3) is 0 Å². The van der Waals surface area contributed by atoms with Crippen molar-refractivity contribution < 1.29 is 19.1 Å². The third kappa shape index (κ3) is 3.72. The number of nitrogens with zero attached hydrogens (tertiary/aromatic N) is 2. The average molecular weight is 283 g/mol. The first kappa shape index (κ1) is 16.0. The minimum atomic E-state index is -0.638. The molecule has 0 atom stereocenters. The maximum atomic E-state index is 11.8. The molecule has 0 aliphatic heterocycles. The number of aromatic nitrogens is 2. The van der Waals surface area contributed by atoms with Gasteiger partial charge in [-0.2, -0.15) is 5.10 Å². The molecule has 20 heavy (non-hydrogen) atoms. The van der Waals surface area contributed by atoms with Gasteiger partial charge in [0.05, 0.1) is 18.5 Å². The highest BCUT2D eigenvalue weighted by molar-refractivity contribution is 5.99.